The lowest BCUT2D eigenvalue weighted by Crippen LogP contribution is -2.35. The Hall–Kier alpha value is -1.76. The third-order valence-corrected chi connectivity index (χ3v) is 6.44. The molecule has 0 N–H and O–H groups in total. The fourth-order valence-corrected chi connectivity index (χ4v) is 4.95. The molecule has 2 aromatic carbocycles. The molecular weight excluding hydrogens is 385 g/mol. The van der Waals surface area contributed by atoms with E-state index in [9.17, 15) is 13.2 Å². The lowest BCUT2D eigenvalue weighted by Gasteiger charge is -2.24. The van der Waals surface area contributed by atoms with Gasteiger partial charge in [0, 0.05) is 12.1 Å². The van der Waals surface area contributed by atoms with Crippen molar-refractivity contribution in [2.75, 3.05) is 19.4 Å². The highest BCUT2D eigenvalue weighted by atomic mass is 35.5. The number of sulfone groups is 1. The number of benzene rings is 2. The van der Waals surface area contributed by atoms with Gasteiger partial charge in [0.05, 0.1) is 21.7 Å². The molecule has 1 heterocycles. The van der Waals surface area contributed by atoms with Gasteiger partial charge in [-0.25, -0.2) is 8.42 Å². The number of nitrogens with zero attached hydrogens (tertiary/aromatic N) is 1. The minimum absolute atomic E-state index is 0.170. The molecule has 0 saturated carbocycles. The normalized spacial score (nSPS) is 17.8. The molecule has 5 nitrogen and oxygen atoms in total. The summed E-state index contributed by atoms with van der Waals surface area (Å²) in [5, 5.41) is 0.826. The number of hydrogen-bond donors (Lipinski definition) is 0. The lowest BCUT2D eigenvalue weighted by molar-refractivity contribution is -0.133. The number of carbonyl (C=O) groups excluding carboxylic acids is 1. The summed E-state index contributed by atoms with van der Waals surface area (Å²) in [6.45, 7) is -0.243. The molecule has 0 saturated heterocycles. The SMILES string of the molecule is CN(C(=O)COc1ccccc1Cl)C1CS(=O)(=O)c2ccc(Cl)cc21. The molecule has 1 aliphatic rings. The summed E-state index contributed by atoms with van der Waals surface area (Å²) in [7, 11) is -1.89. The minimum atomic E-state index is -3.44. The van der Waals surface area contributed by atoms with E-state index in [1.807, 2.05) is 0 Å². The van der Waals surface area contributed by atoms with Crippen molar-refractivity contribution in [1.82, 2.24) is 4.90 Å². The van der Waals surface area contributed by atoms with Crippen molar-refractivity contribution >= 4 is 38.9 Å². The summed E-state index contributed by atoms with van der Waals surface area (Å²) in [4.78, 5) is 14.0. The van der Waals surface area contributed by atoms with E-state index in [4.69, 9.17) is 27.9 Å². The second kappa shape index (κ2) is 6.86. The van der Waals surface area contributed by atoms with E-state index in [2.05, 4.69) is 0 Å². The molecule has 0 fully saturated rings. The first-order chi connectivity index (χ1) is 11.8. The Balaban J connectivity index is 1.78. The second-order valence-corrected chi connectivity index (χ2v) is 8.55. The van der Waals surface area contributed by atoms with Crippen molar-refractivity contribution in [2.24, 2.45) is 0 Å². The van der Waals surface area contributed by atoms with Gasteiger partial charge in [0.1, 0.15) is 5.75 Å². The predicted molar refractivity (Wildman–Crippen MR) is 96.0 cm³/mol. The van der Waals surface area contributed by atoms with E-state index < -0.39 is 15.9 Å². The van der Waals surface area contributed by atoms with Gasteiger partial charge in [0.2, 0.25) is 0 Å². The van der Waals surface area contributed by atoms with Gasteiger partial charge < -0.3 is 9.64 Å². The highest BCUT2D eigenvalue weighted by molar-refractivity contribution is 7.91. The summed E-state index contributed by atoms with van der Waals surface area (Å²) in [5.74, 6) is -0.127. The van der Waals surface area contributed by atoms with Crippen LogP contribution < -0.4 is 4.74 Å². The molecule has 1 unspecified atom stereocenters. The zero-order valence-corrected chi connectivity index (χ0v) is 15.6. The van der Waals surface area contributed by atoms with Crippen LogP contribution in [0.2, 0.25) is 10.0 Å². The topological polar surface area (TPSA) is 63.7 Å². The average molecular weight is 400 g/mol. The van der Waals surface area contributed by atoms with Gasteiger partial charge >= 0.3 is 0 Å². The molecule has 0 bridgehead atoms. The molecule has 0 aromatic heterocycles. The van der Waals surface area contributed by atoms with Gasteiger partial charge in [-0.2, -0.15) is 0 Å². The van der Waals surface area contributed by atoms with Crippen molar-refractivity contribution in [1.29, 1.82) is 0 Å². The molecule has 1 amide bonds. The quantitative estimate of drug-likeness (QED) is 0.790. The van der Waals surface area contributed by atoms with Crippen LogP contribution >= 0.6 is 23.2 Å². The van der Waals surface area contributed by atoms with Crippen molar-refractivity contribution in [2.45, 2.75) is 10.9 Å². The Morgan fingerprint density at radius 1 is 1.24 bits per heavy atom. The van der Waals surface area contributed by atoms with E-state index in [1.54, 1.807) is 37.4 Å². The highest BCUT2D eigenvalue weighted by Crippen LogP contribution is 2.38. The van der Waals surface area contributed by atoms with Gasteiger partial charge in [-0.1, -0.05) is 35.3 Å². The van der Waals surface area contributed by atoms with Crippen LogP contribution in [0.15, 0.2) is 47.4 Å². The van der Waals surface area contributed by atoms with Gasteiger partial charge in [0.25, 0.3) is 5.91 Å². The summed E-state index contributed by atoms with van der Waals surface area (Å²) in [6, 6.07) is 10.8. The third kappa shape index (κ3) is 3.61. The molecule has 1 atom stereocenters. The second-order valence-electron chi connectivity index (χ2n) is 5.70. The average Bonchev–Trinajstić information content (AvgIpc) is 2.83. The van der Waals surface area contributed by atoms with E-state index in [1.165, 1.54) is 17.0 Å². The molecule has 0 spiro atoms. The number of amides is 1. The smallest absolute Gasteiger partial charge is 0.260 e. The zero-order chi connectivity index (χ0) is 18.2. The molecule has 2 aromatic rings. The number of carbonyl (C=O) groups is 1. The van der Waals surface area contributed by atoms with Gasteiger partial charge in [-0.05, 0) is 35.9 Å². The van der Waals surface area contributed by atoms with Crippen LogP contribution in [-0.4, -0.2) is 38.6 Å². The van der Waals surface area contributed by atoms with Crippen molar-refractivity contribution < 1.29 is 17.9 Å². The maximum Gasteiger partial charge on any atom is 0.260 e. The Morgan fingerprint density at radius 2 is 1.96 bits per heavy atom. The molecule has 1 aliphatic heterocycles. The largest absolute Gasteiger partial charge is 0.482 e. The maximum absolute atomic E-state index is 12.5. The van der Waals surface area contributed by atoms with E-state index in [-0.39, 0.29) is 23.2 Å². The summed E-state index contributed by atoms with van der Waals surface area (Å²) in [5.41, 5.74) is 0.529. The van der Waals surface area contributed by atoms with Crippen molar-refractivity contribution in [3.63, 3.8) is 0 Å². The number of likely N-dealkylation sites (N-methyl/N-ethyl adjacent to an activating group) is 1. The fraction of sp³-hybridized carbons (Fsp3) is 0.235. The van der Waals surface area contributed by atoms with E-state index in [0.717, 1.165) is 0 Å². The summed E-state index contributed by atoms with van der Waals surface area (Å²) < 4.78 is 30.0. The predicted octanol–water partition coefficient (Wildman–Crippen LogP) is 3.36. The van der Waals surface area contributed by atoms with Crippen LogP contribution in [0.3, 0.4) is 0 Å². The fourth-order valence-electron chi connectivity index (χ4n) is 2.75. The molecule has 0 radical (unpaired) electrons. The van der Waals surface area contributed by atoms with Gasteiger partial charge in [0.15, 0.2) is 16.4 Å². The zero-order valence-electron chi connectivity index (χ0n) is 13.3. The Labute approximate surface area is 156 Å². The van der Waals surface area contributed by atoms with Crippen LogP contribution in [-0.2, 0) is 14.6 Å². The molecule has 25 heavy (non-hydrogen) atoms. The maximum atomic E-state index is 12.5. The monoisotopic (exact) mass is 399 g/mol. The standard InChI is InChI=1S/C17H15Cl2NO4S/c1-20(17(21)9-24-15-5-3-2-4-13(15)19)14-10-25(22,23)16-7-6-11(18)8-12(14)16/h2-8,14H,9-10H2,1H3. The van der Waals surface area contributed by atoms with Crippen molar-refractivity contribution in [3.8, 4) is 5.75 Å². The first-order valence-electron chi connectivity index (χ1n) is 7.45. The molecule has 3 rings (SSSR count). The van der Waals surface area contributed by atoms with Crippen LogP contribution in [0.1, 0.15) is 11.6 Å². The first kappa shape index (κ1) is 18.0. The number of para-hydroxylation sites is 1. The molecule has 132 valence electrons. The lowest BCUT2D eigenvalue weighted by atomic mass is 10.1. The minimum Gasteiger partial charge on any atom is -0.482 e. The number of ether oxygens (including phenoxy) is 1. The third-order valence-electron chi connectivity index (χ3n) is 4.09. The molecule has 8 heteroatoms. The summed E-state index contributed by atoms with van der Waals surface area (Å²) in [6.07, 6.45) is 0. The van der Waals surface area contributed by atoms with Crippen LogP contribution in [0.25, 0.3) is 0 Å². The number of hydrogen-bond acceptors (Lipinski definition) is 4. The van der Waals surface area contributed by atoms with Gasteiger partial charge in [-0.15, -0.1) is 0 Å². The van der Waals surface area contributed by atoms with E-state index >= 15 is 0 Å². The highest BCUT2D eigenvalue weighted by Gasteiger charge is 2.38. The van der Waals surface area contributed by atoms with Crippen LogP contribution in [0, 0.1) is 0 Å². The van der Waals surface area contributed by atoms with Crippen molar-refractivity contribution in [3.05, 3.63) is 58.1 Å². The Kier molecular flexibility index (Phi) is 4.95. The Morgan fingerprint density at radius 3 is 2.68 bits per heavy atom. The van der Waals surface area contributed by atoms with Crippen LogP contribution in [0.5, 0.6) is 5.75 Å². The number of halogens is 2. The first-order valence-corrected chi connectivity index (χ1v) is 9.85. The number of rotatable bonds is 4. The Bertz CT molecular complexity index is 930. The van der Waals surface area contributed by atoms with Crippen LogP contribution in [0.4, 0.5) is 0 Å². The number of fused-ring (bicyclic) bond motifs is 1. The van der Waals surface area contributed by atoms with Gasteiger partial charge in [-0.3, -0.25) is 4.79 Å². The summed E-state index contributed by atoms with van der Waals surface area (Å²) >= 11 is 12.0. The molecule has 0 aliphatic carbocycles. The van der Waals surface area contributed by atoms with E-state index in [0.29, 0.717) is 21.4 Å². The molecular formula is C17H15Cl2NO4S.